The molecule has 0 aromatic heterocycles. The molecule has 0 atom stereocenters. The van der Waals surface area contributed by atoms with Gasteiger partial charge in [-0.05, 0) is 48.7 Å². The minimum Gasteiger partial charge on any atom is -0.352 e. The number of nitrogens with one attached hydrogen (secondary N) is 3. The van der Waals surface area contributed by atoms with Crippen molar-refractivity contribution in [2.24, 2.45) is 0 Å². The van der Waals surface area contributed by atoms with Crippen LogP contribution in [0.4, 0.5) is 5.69 Å². The Morgan fingerprint density at radius 1 is 0.929 bits per heavy atom. The van der Waals surface area contributed by atoms with Crippen LogP contribution >= 0.6 is 11.6 Å². The highest BCUT2D eigenvalue weighted by Gasteiger charge is 2.09. The summed E-state index contributed by atoms with van der Waals surface area (Å²) in [5.41, 5.74) is 2.31. The molecule has 2 rings (SSSR count). The third-order valence-corrected chi connectivity index (χ3v) is 4.34. The highest BCUT2D eigenvalue weighted by molar-refractivity contribution is 6.30. The van der Waals surface area contributed by atoms with Crippen molar-refractivity contribution in [3.63, 3.8) is 0 Å². The fourth-order valence-electron chi connectivity index (χ4n) is 2.57. The molecule has 0 aliphatic carbocycles. The second kappa shape index (κ2) is 11.1. The monoisotopic (exact) mass is 401 g/mol. The second-order valence-corrected chi connectivity index (χ2v) is 6.64. The van der Waals surface area contributed by atoms with E-state index >= 15 is 0 Å². The molecule has 0 saturated heterocycles. The van der Waals surface area contributed by atoms with E-state index in [1.54, 1.807) is 24.3 Å². The Balaban J connectivity index is 1.63. The lowest BCUT2D eigenvalue weighted by Gasteiger charge is -2.10. The van der Waals surface area contributed by atoms with Crippen LogP contribution in [0.2, 0.25) is 5.02 Å². The van der Waals surface area contributed by atoms with E-state index in [4.69, 9.17) is 11.6 Å². The van der Waals surface area contributed by atoms with Crippen molar-refractivity contribution >= 4 is 35.0 Å². The molecule has 2 aromatic rings. The normalized spacial score (nSPS) is 10.2. The lowest BCUT2D eigenvalue weighted by atomic mass is 10.1. The largest absolute Gasteiger partial charge is 0.352 e. The Morgan fingerprint density at radius 3 is 2.36 bits per heavy atom. The summed E-state index contributed by atoms with van der Waals surface area (Å²) >= 11 is 5.79. The molecule has 0 radical (unpaired) electrons. The van der Waals surface area contributed by atoms with E-state index in [1.165, 1.54) is 0 Å². The maximum Gasteiger partial charge on any atom is 0.251 e. The zero-order valence-corrected chi connectivity index (χ0v) is 16.5. The van der Waals surface area contributed by atoms with Crippen LogP contribution in [0.1, 0.15) is 35.7 Å². The Bertz CT molecular complexity index is 822. The molecule has 28 heavy (non-hydrogen) atoms. The Labute approximate surface area is 169 Å². The SMILES string of the molecule is CCc1ccccc1NC(=O)CNC(=O)CCCNC(=O)c1ccc(Cl)cc1. The van der Waals surface area contributed by atoms with E-state index in [-0.39, 0.29) is 30.7 Å². The molecule has 2 aromatic carbocycles. The first kappa shape index (κ1) is 21.4. The van der Waals surface area contributed by atoms with Crippen molar-refractivity contribution in [2.45, 2.75) is 26.2 Å². The van der Waals surface area contributed by atoms with E-state index in [1.807, 2.05) is 31.2 Å². The van der Waals surface area contributed by atoms with E-state index < -0.39 is 0 Å². The molecule has 3 N–H and O–H groups in total. The van der Waals surface area contributed by atoms with Crippen molar-refractivity contribution in [2.75, 3.05) is 18.4 Å². The molecule has 7 heteroatoms. The average molecular weight is 402 g/mol. The van der Waals surface area contributed by atoms with Crippen LogP contribution in [0.3, 0.4) is 0 Å². The summed E-state index contributed by atoms with van der Waals surface area (Å²) in [7, 11) is 0. The zero-order valence-electron chi connectivity index (χ0n) is 15.8. The molecule has 0 unspecified atom stereocenters. The minimum absolute atomic E-state index is 0.0893. The molecule has 0 heterocycles. The Hall–Kier alpha value is -2.86. The number of halogens is 1. The van der Waals surface area contributed by atoms with Crippen LogP contribution < -0.4 is 16.0 Å². The number of amides is 3. The van der Waals surface area contributed by atoms with Gasteiger partial charge in [0.05, 0.1) is 6.54 Å². The van der Waals surface area contributed by atoms with Gasteiger partial charge in [-0.2, -0.15) is 0 Å². The molecule has 0 saturated carbocycles. The average Bonchev–Trinajstić information content (AvgIpc) is 2.70. The van der Waals surface area contributed by atoms with Gasteiger partial charge >= 0.3 is 0 Å². The van der Waals surface area contributed by atoms with Crippen molar-refractivity contribution in [1.29, 1.82) is 0 Å². The number of hydrogen-bond donors (Lipinski definition) is 3. The van der Waals surface area contributed by atoms with Gasteiger partial charge in [-0.1, -0.05) is 36.7 Å². The molecule has 6 nitrogen and oxygen atoms in total. The number of aryl methyl sites for hydroxylation is 1. The van der Waals surface area contributed by atoms with Gasteiger partial charge in [-0.3, -0.25) is 14.4 Å². The summed E-state index contributed by atoms with van der Waals surface area (Å²) in [6.45, 7) is 2.29. The lowest BCUT2D eigenvalue weighted by molar-refractivity contribution is -0.124. The number of rotatable bonds is 9. The number of anilines is 1. The van der Waals surface area contributed by atoms with Crippen molar-refractivity contribution in [1.82, 2.24) is 10.6 Å². The lowest BCUT2D eigenvalue weighted by Crippen LogP contribution is -2.33. The summed E-state index contributed by atoms with van der Waals surface area (Å²) in [6, 6.07) is 14.1. The molecule has 0 aliphatic rings. The highest BCUT2D eigenvalue weighted by atomic mass is 35.5. The maximum absolute atomic E-state index is 12.0. The number of carbonyl (C=O) groups excluding carboxylic acids is 3. The summed E-state index contributed by atoms with van der Waals surface area (Å²) in [5, 5.41) is 8.70. The predicted octanol–water partition coefficient (Wildman–Crippen LogP) is 3.17. The van der Waals surface area contributed by atoms with Gasteiger partial charge in [0.1, 0.15) is 0 Å². The standard InChI is InChI=1S/C21H24ClN3O3/c1-2-15-6-3-4-7-18(15)25-20(27)14-24-19(26)8-5-13-23-21(28)16-9-11-17(22)12-10-16/h3-4,6-7,9-12H,2,5,8,13-14H2,1H3,(H,23,28)(H,24,26)(H,25,27). The van der Waals surface area contributed by atoms with Crippen LogP contribution in [0.15, 0.2) is 48.5 Å². The fraction of sp³-hybridized carbons (Fsp3) is 0.286. The van der Waals surface area contributed by atoms with Gasteiger partial charge in [0.15, 0.2) is 0 Å². The minimum atomic E-state index is -0.273. The predicted molar refractivity (Wildman–Crippen MR) is 110 cm³/mol. The topological polar surface area (TPSA) is 87.3 Å². The molecule has 0 bridgehead atoms. The van der Waals surface area contributed by atoms with Gasteiger partial charge in [0, 0.05) is 29.2 Å². The third kappa shape index (κ3) is 7.04. The highest BCUT2D eigenvalue weighted by Crippen LogP contribution is 2.15. The molecule has 0 aliphatic heterocycles. The van der Waals surface area contributed by atoms with Gasteiger partial charge < -0.3 is 16.0 Å². The molecular formula is C21H24ClN3O3. The quantitative estimate of drug-likeness (QED) is 0.564. The van der Waals surface area contributed by atoms with Crippen molar-refractivity contribution in [3.8, 4) is 0 Å². The fourth-order valence-corrected chi connectivity index (χ4v) is 2.69. The summed E-state index contributed by atoms with van der Waals surface area (Å²) < 4.78 is 0. The van der Waals surface area contributed by atoms with Crippen LogP contribution in [-0.2, 0) is 16.0 Å². The van der Waals surface area contributed by atoms with Crippen LogP contribution in [-0.4, -0.2) is 30.8 Å². The first-order chi connectivity index (χ1) is 13.5. The van der Waals surface area contributed by atoms with Gasteiger partial charge in [0.25, 0.3) is 5.91 Å². The van der Waals surface area contributed by atoms with E-state index in [2.05, 4.69) is 16.0 Å². The summed E-state index contributed by atoms with van der Waals surface area (Å²) in [6.07, 6.45) is 1.51. The van der Waals surface area contributed by atoms with E-state index in [0.29, 0.717) is 23.6 Å². The van der Waals surface area contributed by atoms with Crippen LogP contribution in [0.25, 0.3) is 0 Å². The first-order valence-corrected chi connectivity index (χ1v) is 9.55. The van der Waals surface area contributed by atoms with Crippen LogP contribution in [0, 0.1) is 0 Å². The number of hydrogen-bond acceptors (Lipinski definition) is 3. The van der Waals surface area contributed by atoms with Gasteiger partial charge in [-0.15, -0.1) is 0 Å². The molecular weight excluding hydrogens is 378 g/mol. The molecule has 0 spiro atoms. The van der Waals surface area contributed by atoms with Gasteiger partial charge in [0.2, 0.25) is 11.8 Å². The zero-order chi connectivity index (χ0) is 20.4. The Morgan fingerprint density at radius 2 is 1.64 bits per heavy atom. The summed E-state index contributed by atoms with van der Waals surface area (Å²) in [5.74, 6) is -0.726. The maximum atomic E-state index is 12.0. The van der Waals surface area contributed by atoms with Crippen LogP contribution in [0.5, 0.6) is 0 Å². The third-order valence-electron chi connectivity index (χ3n) is 4.09. The Kier molecular flexibility index (Phi) is 8.49. The second-order valence-electron chi connectivity index (χ2n) is 6.20. The first-order valence-electron chi connectivity index (χ1n) is 9.17. The van der Waals surface area contributed by atoms with Crippen molar-refractivity contribution < 1.29 is 14.4 Å². The molecule has 0 fully saturated rings. The number of carbonyl (C=O) groups is 3. The number of para-hydroxylation sites is 1. The van der Waals surface area contributed by atoms with E-state index in [9.17, 15) is 14.4 Å². The summed E-state index contributed by atoms with van der Waals surface area (Å²) in [4.78, 5) is 35.8. The number of benzene rings is 2. The van der Waals surface area contributed by atoms with Crippen molar-refractivity contribution in [3.05, 3.63) is 64.7 Å². The van der Waals surface area contributed by atoms with E-state index in [0.717, 1.165) is 17.7 Å². The smallest absolute Gasteiger partial charge is 0.251 e. The molecule has 148 valence electrons. The molecule has 3 amide bonds. The van der Waals surface area contributed by atoms with Gasteiger partial charge in [-0.25, -0.2) is 0 Å².